The van der Waals surface area contributed by atoms with Crippen molar-refractivity contribution < 1.29 is 18.0 Å². The van der Waals surface area contributed by atoms with Crippen LogP contribution in [0.2, 0.25) is 0 Å². The normalized spacial score (nSPS) is 11.4. The fraction of sp³-hybridized carbons (Fsp3) is 0.294. The highest BCUT2D eigenvalue weighted by Gasteiger charge is 2.19. The van der Waals surface area contributed by atoms with Crippen molar-refractivity contribution in [3.8, 4) is 0 Å². The molecule has 1 aromatic heterocycles. The highest BCUT2D eigenvalue weighted by atomic mass is 32.2. The van der Waals surface area contributed by atoms with Gasteiger partial charge < -0.3 is 10.3 Å². The van der Waals surface area contributed by atoms with Gasteiger partial charge in [-0.1, -0.05) is 12.1 Å². The number of sulfonamides is 1. The fourth-order valence-electron chi connectivity index (χ4n) is 2.68. The second kappa shape index (κ2) is 7.20. The van der Waals surface area contributed by atoms with Crippen LogP contribution in [0.4, 0.5) is 0 Å². The van der Waals surface area contributed by atoms with Crippen LogP contribution in [0.25, 0.3) is 0 Å². The summed E-state index contributed by atoms with van der Waals surface area (Å²) in [5.74, 6) is -0.411. The molecule has 1 heterocycles. The number of rotatable bonds is 6. The van der Waals surface area contributed by atoms with E-state index < -0.39 is 10.0 Å². The van der Waals surface area contributed by atoms with E-state index in [1.54, 1.807) is 26.0 Å². The Balaban J connectivity index is 2.11. The summed E-state index contributed by atoms with van der Waals surface area (Å²) >= 11 is 0. The Labute approximate surface area is 146 Å². The monoisotopic (exact) mass is 363 g/mol. The van der Waals surface area contributed by atoms with E-state index in [-0.39, 0.29) is 23.1 Å². The predicted molar refractivity (Wildman–Crippen MR) is 94.1 cm³/mol. The van der Waals surface area contributed by atoms with Gasteiger partial charge in [0.05, 0.1) is 4.90 Å². The van der Waals surface area contributed by atoms with Crippen molar-refractivity contribution in [3.63, 3.8) is 0 Å². The van der Waals surface area contributed by atoms with E-state index in [4.69, 9.17) is 0 Å². The summed E-state index contributed by atoms with van der Waals surface area (Å²) in [5.41, 5.74) is 2.94. The number of H-pyrrole nitrogens is 1. The number of amides is 1. The number of benzene rings is 1. The summed E-state index contributed by atoms with van der Waals surface area (Å²) in [6.07, 6.45) is 0. The molecule has 0 saturated heterocycles. The highest BCUT2D eigenvalue weighted by molar-refractivity contribution is 7.89. The van der Waals surface area contributed by atoms with E-state index in [0.717, 1.165) is 5.56 Å². The van der Waals surface area contributed by atoms with Crippen molar-refractivity contribution >= 4 is 21.7 Å². The highest BCUT2D eigenvalue weighted by Crippen LogP contribution is 2.18. The zero-order chi connectivity index (χ0) is 18.8. The molecule has 2 aromatic rings. The molecule has 0 unspecified atom stereocenters. The third-order valence-electron chi connectivity index (χ3n) is 3.97. The number of Topliss-reactive ketones (excluding diaryl/α,β-unsaturated/α-hetero) is 1. The molecule has 1 aromatic carbocycles. The molecular weight excluding hydrogens is 342 g/mol. The van der Waals surface area contributed by atoms with Crippen LogP contribution >= 0.6 is 0 Å². The molecule has 0 radical (unpaired) electrons. The van der Waals surface area contributed by atoms with Gasteiger partial charge in [-0.05, 0) is 51.1 Å². The lowest BCUT2D eigenvalue weighted by Crippen LogP contribution is -2.24. The number of aryl methyl sites for hydroxylation is 1. The molecule has 3 N–H and O–H groups in total. The Bertz CT molecular complexity index is 912. The Morgan fingerprint density at radius 2 is 1.72 bits per heavy atom. The van der Waals surface area contributed by atoms with E-state index in [9.17, 15) is 18.0 Å². The number of ketones is 1. The number of aromatic amines is 1. The van der Waals surface area contributed by atoms with Crippen molar-refractivity contribution in [2.45, 2.75) is 32.2 Å². The molecule has 8 heteroatoms. The number of hydrogen-bond acceptors (Lipinski definition) is 4. The van der Waals surface area contributed by atoms with Crippen molar-refractivity contribution in [2.75, 3.05) is 7.05 Å². The number of carbonyl (C=O) groups is 2. The maximum Gasteiger partial charge on any atom is 0.268 e. The zero-order valence-corrected chi connectivity index (χ0v) is 15.4. The molecule has 0 atom stereocenters. The van der Waals surface area contributed by atoms with E-state index in [1.807, 2.05) is 0 Å². The number of aromatic nitrogens is 1. The molecule has 2 rings (SSSR count). The van der Waals surface area contributed by atoms with Crippen molar-refractivity contribution in [3.05, 3.63) is 52.3 Å². The van der Waals surface area contributed by atoms with Crippen LogP contribution in [0.3, 0.4) is 0 Å². The van der Waals surface area contributed by atoms with Crippen LogP contribution in [0.5, 0.6) is 0 Å². The first-order chi connectivity index (χ1) is 11.7. The summed E-state index contributed by atoms with van der Waals surface area (Å²) in [5, 5.41) is 2.76. The number of hydrogen-bond donors (Lipinski definition) is 3. The predicted octanol–water partition coefficient (Wildman–Crippen LogP) is 1.67. The first-order valence-corrected chi connectivity index (χ1v) is 9.16. The van der Waals surface area contributed by atoms with Crippen LogP contribution in [0.1, 0.15) is 44.6 Å². The molecule has 7 nitrogen and oxygen atoms in total. The lowest BCUT2D eigenvalue weighted by Gasteiger charge is -2.07. The molecule has 25 heavy (non-hydrogen) atoms. The SMILES string of the molecule is CNS(=O)(=O)c1ccc(CNC(=O)c2[nH]c(C)c(C(C)=O)c2C)cc1. The number of carbonyl (C=O) groups excluding carboxylic acids is 2. The Hall–Kier alpha value is -2.45. The molecule has 134 valence electrons. The lowest BCUT2D eigenvalue weighted by atomic mass is 10.1. The van der Waals surface area contributed by atoms with Gasteiger partial charge in [0.15, 0.2) is 5.78 Å². The molecule has 0 saturated carbocycles. The van der Waals surface area contributed by atoms with Crippen LogP contribution in [-0.2, 0) is 16.6 Å². The first-order valence-electron chi connectivity index (χ1n) is 7.68. The molecule has 0 aliphatic rings. The Kier molecular flexibility index (Phi) is 5.44. The van der Waals surface area contributed by atoms with Crippen LogP contribution in [0, 0.1) is 13.8 Å². The average Bonchev–Trinajstić information content (AvgIpc) is 2.87. The second-order valence-electron chi connectivity index (χ2n) is 5.72. The summed E-state index contributed by atoms with van der Waals surface area (Å²) in [6.45, 7) is 5.19. The average molecular weight is 363 g/mol. The zero-order valence-electron chi connectivity index (χ0n) is 14.6. The molecule has 0 aliphatic heterocycles. The smallest absolute Gasteiger partial charge is 0.268 e. The minimum absolute atomic E-state index is 0.0911. The second-order valence-corrected chi connectivity index (χ2v) is 7.60. The molecule has 0 bridgehead atoms. The van der Waals surface area contributed by atoms with E-state index in [0.29, 0.717) is 22.5 Å². The fourth-order valence-corrected chi connectivity index (χ4v) is 3.41. The minimum atomic E-state index is -3.48. The maximum absolute atomic E-state index is 12.3. The molecular formula is C17H21N3O4S. The van der Waals surface area contributed by atoms with Crippen LogP contribution < -0.4 is 10.0 Å². The topological polar surface area (TPSA) is 108 Å². The van der Waals surface area contributed by atoms with Gasteiger partial charge in [-0.3, -0.25) is 9.59 Å². The number of nitrogens with one attached hydrogen (secondary N) is 3. The summed E-state index contributed by atoms with van der Waals surface area (Å²) in [6, 6.07) is 6.23. The maximum atomic E-state index is 12.3. The van der Waals surface area contributed by atoms with Gasteiger partial charge in [-0.2, -0.15) is 0 Å². The van der Waals surface area contributed by atoms with Crippen molar-refractivity contribution in [1.82, 2.24) is 15.0 Å². The van der Waals surface area contributed by atoms with Crippen molar-refractivity contribution in [2.24, 2.45) is 0 Å². The molecule has 1 amide bonds. The Morgan fingerprint density at radius 3 is 2.20 bits per heavy atom. The standard InChI is InChI=1S/C17H21N3O4S/c1-10-15(12(3)21)11(2)20-16(10)17(22)19-9-13-5-7-14(8-6-13)25(23,24)18-4/h5-8,18,20H,9H2,1-4H3,(H,19,22). The molecule has 0 aliphatic carbocycles. The lowest BCUT2D eigenvalue weighted by molar-refractivity contribution is 0.0945. The molecule has 0 spiro atoms. The van der Waals surface area contributed by atoms with Gasteiger partial charge in [-0.25, -0.2) is 13.1 Å². The van der Waals surface area contributed by atoms with Crippen LogP contribution in [0.15, 0.2) is 29.2 Å². The summed E-state index contributed by atoms with van der Waals surface area (Å²) in [4.78, 5) is 27.1. The van der Waals surface area contributed by atoms with Gasteiger partial charge in [0, 0.05) is 17.8 Å². The minimum Gasteiger partial charge on any atom is -0.354 e. The van der Waals surface area contributed by atoms with Gasteiger partial charge in [0.1, 0.15) is 5.69 Å². The van der Waals surface area contributed by atoms with E-state index in [2.05, 4.69) is 15.0 Å². The van der Waals surface area contributed by atoms with Gasteiger partial charge in [0.25, 0.3) is 5.91 Å². The van der Waals surface area contributed by atoms with Gasteiger partial charge in [0.2, 0.25) is 10.0 Å². The third kappa shape index (κ3) is 3.97. The van der Waals surface area contributed by atoms with E-state index >= 15 is 0 Å². The van der Waals surface area contributed by atoms with Gasteiger partial charge >= 0.3 is 0 Å². The van der Waals surface area contributed by atoms with Gasteiger partial charge in [-0.15, -0.1) is 0 Å². The summed E-state index contributed by atoms with van der Waals surface area (Å²) < 4.78 is 25.6. The quantitative estimate of drug-likeness (QED) is 0.678. The summed E-state index contributed by atoms with van der Waals surface area (Å²) in [7, 11) is -2.13. The third-order valence-corrected chi connectivity index (χ3v) is 5.40. The first kappa shape index (κ1) is 18.9. The Morgan fingerprint density at radius 1 is 1.12 bits per heavy atom. The molecule has 0 fully saturated rings. The van der Waals surface area contributed by atoms with Crippen LogP contribution in [-0.4, -0.2) is 32.1 Å². The van der Waals surface area contributed by atoms with E-state index in [1.165, 1.54) is 26.1 Å². The van der Waals surface area contributed by atoms with Crippen molar-refractivity contribution in [1.29, 1.82) is 0 Å². The largest absolute Gasteiger partial charge is 0.354 e.